The summed E-state index contributed by atoms with van der Waals surface area (Å²) >= 11 is 0. The van der Waals surface area contributed by atoms with Crippen molar-refractivity contribution in [2.24, 2.45) is 0 Å². The van der Waals surface area contributed by atoms with E-state index in [1.165, 1.54) is 11.1 Å². The minimum Gasteiger partial charge on any atom is -0.491 e. The summed E-state index contributed by atoms with van der Waals surface area (Å²) in [6.45, 7) is 12.5. The molecule has 40 heavy (non-hydrogen) atoms. The largest absolute Gasteiger partial charge is 0.491 e. The van der Waals surface area contributed by atoms with E-state index in [4.69, 9.17) is 19.3 Å². The fourth-order valence-electron chi connectivity index (χ4n) is 5.00. The average Bonchev–Trinajstić information content (AvgIpc) is 2.96. The van der Waals surface area contributed by atoms with Gasteiger partial charge < -0.3 is 29.5 Å². The number of aryl methyl sites for hydroxylation is 2. The molecule has 0 heterocycles. The third kappa shape index (κ3) is 7.64. The zero-order chi connectivity index (χ0) is 29.3. The number of aliphatic hydroxyl groups is 3. The lowest BCUT2D eigenvalue weighted by Crippen LogP contribution is -2.42. The van der Waals surface area contributed by atoms with E-state index in [0.29, 0.717) is 12.4 Å². The molecule has 0 saturated heterocycles. The summed E-state index contributed by atoms with van der Waals surface area (Å²) in [5.41, 5.74) is 4.50. The van der Waals surface area contributed by atoms with Gasteiger partial charge in [0.1, 0.15) is 36.9 Å². The first-order chi connectivity index (χ1) is 19.1. The highest BCUT2D eigenvalue weighted by atomic mass is 16.5. The molecule has 2 atom stereocenters. The lowest BCUT2D eigenvalue weighted by molar-refractivity contribution is -0.119. The second kappa shape index (κ2) is 14.1. The van der Waals surface area contributed by atoms with Crippen molar-refractivity contribution in [2.45, 2.75) is 84.2 Å². The maximum atomic E-state index is 10.9. The van der Waals surface area contributed by atoms with Gasteiger partial charge in [0.2, 0.25) is 0 Å². The van der Waals surface area contributed by atoms with E-state index in [2.05, 4.69) is 38.1 Å². The van der Waals surface area contributed by atoms with Crippen molar-refractivity contribution in [3.63, 3.8) is 0 Å². The minimum absolute atomic E-state index is 0.0507. The third-order valence-corrected chi connectivity index (χ3v) is 7.96. The monoisotopic (exact) mass is 550 g/mol. The normalized spacial score (nSPS) is 13.6. The highest BCUT2D eigenvalue weighted by molar-refractivity contribution is 5.48. The summed E-state index contributed by atoms with van der Waals surface area (Å²) in [4.78, 5) is 0. The van der Waals surface area contributed by atoms with Crippen molar-refractivity contribution < 1.29 is 29.5 Å². The van der Waals surface area contributed by atoms with Crippen LogP contribution in [0.3, 0.4) is 0 Å². The Morgan fingerprint density at radius 1 is 0.750 bits per heavy atom. The molecule has 0 unspecified atom stereocenters. The Labute approximate surface area is 239 Å². The van der Waals surface area contributed by atoms with Crippen LogP contribution in [0.4, 0.5) is 0 Å². The van der Waals surface area contributed by atoms with Crippen molar-refractivity contribution in [1.82, 2.24) is 0 Å². The molecule has 0 aliphatic rings. The fraction of sp³-hybridized carbons (Fsp3) is 0.471. The predicted octanol–water partition coefficient (Wildman–Crippen LogP) is 5.88. The molecule has 0 aliphatic carbocycles. The van der Waals surface area contributed by atoms with Crippen LogP contribution in [0, 0.1) is 13.8 Å². The van der Waals surface area contributed by atoms with Gasteiger partial charge in [-0.05, 0) is 80.5 Å². The average molecular weight is 551 g/mol. The number of rotatable bonds is 15. The molecule has 0 spiro atoms. The number of aliphatic hydroxyl groups excluding tert-OH is 3. The summed E-state index contributed by atoms with van der Waals surface area (Å²) in [6, 6.07) is 22.4. The van der Waals surface area contributed by atoms with E-state index in [0.717, 1.165) is 35.3 Å². The molecule has 0 radical (unpaired) electrons. The Hall–Kier alpha value is -2.90. The standard InChI is InChI=1S/C34H46O6/c1-7-34(8-2,27-14-16-30(24(3)18-27)38-22-29(36)20-35)28-15-17-31(25(4)19-28)39-23-32(37)33(5,6)40-21-26-12-10-9-11-13-26/h9-19,29,32,35-37H,7-8,20-23H2,1-6H3/t29-,32+/m0/s1. The van der Waals surface area contributed by atoms with E-state index in [-0.39, 0.29) is 25.2 Å². The number of ether oxygens (including phenoxy) is 3. The molecule has 0 bridgehead atoms. The van der Waals surface area contributed by atoms with Gasteiger partial charge in [0, 0.05) is 5.41 Å². The Balaban J connectivity index is 1.72. The highest BCUT2D eigenvalue weighted by Gasteiger charge is 2.32. The van der Waals surface area contributed by atoms with Crippen LogP contribution in [0.5, 0.6) is 11.5 Å². The molecule has 0 amide bonds. The molecule has 3 aromatic rings. The molecule has 0 saturated carbocycles. The zero-order valence-electron chi connectivity index (χ0n) is 24.8. The highest BCUT2D eigenvalue weighted by Crippen LogP contribution is 2.41. The van der Waals surface area contributed by atoms with Crippen LogP contribution in [0.25, 0.3) is 0 Å². The summed E-state index contributed by atoms with van der Waals surface area (Å²) in [5, 5.41) is 29.6. The first-order valence-electron chi connectivity index (χ1n) is 14.2. The minimum atomic E-state index is -0.901. The summed E-state index contributed by atoms with van der Waals surface area (Å²) < 4.78 is 17.8. The maximum Gasteiger partial charge on any atom is 0.122 e. The van der Waals surface area contributed by atoms with Gasteiger partial charge in [-0.25, -0.2) is 0 Å². The molecule has 0 fully saturated rings. The van der Waals surface area contributed by atoms with E-state index in [1.54, 1.807) is 0 Å². The van der Waals surface area contributed by atoms with Gasteiger partial charge in [-0.15, -0.1) is 0 Å². The van der Waals surface area contributed by atoms with E-state index < -0.39 is 17.8 Å². The molecule has 6 nitrogen and oxygen atoms in total. The van der Waals surface area contributed by atoms with Crippen molar-refractivity contribution in [1.29, 1.82) is 0 Å². The molecule has 218 valence electrons. The Morgan fingerprint density at radius 2 is 1.27 bits per heavy atom. The second-order valence-electron chi connectivity index (χ2n) is 11.1. The smallest absolute Gasteiger partial charge is 0.122 e. The second-order valence-corrected chi connectivity index (χ2v) is 11.1. The fourth-order valence-corrected chi connectivity index (χ4v) is 5.00. The van der Waals surface area contributed by atoms with Crippen LogP contribution in [-0.4, -0.2) is 52.9 Å². The maximum absolute atomic E-state index is 10.9. The lowest BCUT2D eigenvalue weighted by Gasteiger charge is -2.34. The van der Waals surface area contributed by atoms with E-state index >= 15 is 0 Å². The summed E-state index contributed by atoms with van der Waals surface area (Å²) in [5.74, 6) is 1.44. The van der Waals surface area contributed by atoms with Crippen molar-refractivity contribution in [3.05, 3.63) is 94.5 Å². The van der Waals surface area contributed by atoms with Gasteiger partial charge in [0.05, 0.1) is 18.8 Å². The zero-order valence-corrected chi connectivity index (χ0v) is 24.8. The number of hydrogen-bond donors (Lipinski definition) is 3. The van der Waals surface area contributed by atoms with Crippen molar-refractivity contribution in [3.8, 4) is 11.5 Å². The third-order valence-electron chi connectivity index (χ3n) is 7.96. The Bertz CT molecular complexity index is 1200. The van der Waals surface area contributed by atoms with Crippen LogP contribution in [0.15, 0.2) is 66.7 Å². The molecule has 0 aliphatic heterocycles. The van der Waals surface area contributed by atoms with Crippen LogP contribution in [-0.2, 0) is 16.8 Å². The lowest BCUT2D eigenvalue weighted by atomic mass is 9.70. The molecule has 3 N–H and O–H groups in total. The SMILES string of the molecule is CCC(CC)(c1ccc(OC[C@@H](O)CO)c(C)c1)c1ccc(OC[C@@H](O)C(C)(C)OCc2ccccc2)c(C)c1. The van der Waals surface area contributed by atoms with Gasteiger partial charge in [0.15, 0.2) is 0 Å². The first-order valence-corrected chi connectivity index (χ1v) is 14.2. The number of hydrogen-bond acceptors (Lipinski definition) is 6. The van der Waals surface area contributed by atoms with Gasteiger partial charge in [0.25, 0.3) is 0 Å². The first kappa shape index (κ1) is 31.6. The van der Waals surface area contributed by atoms with E-state index in [1.807, 2.05) is 70.2 Å². The predicted molar refractivity (Wildman–Crippen MR) is 159 cm³/mol. The van der Waals surface area contributed by atoms with Gasteiger partial charge in [-0.2, -0.15) is 0 Å². The Morgan fingerprint density at radius 3 is 1.75 bits per heavy atom. The topological polar surface area (TPSA) is 88.4 Å². The van der Waals surface area contributed by atoms with Crippen molar-refractivity contribution in [2.75, 3.05) is 19.8 Å². The van der Waals surface area contributed by atoms with E-state index in [9.17, 15) is 10.2 Å². The molecule has 6 heteroatoms. The number of benzene rings is 3. The van der Waals surface area contributed by atoms with Crippen LogP contribution < -0.4 is 9.47 Å². The van der Waals surface area contributed by atoms with Crippen LogP contribution in [0.2, 0.25) is 0 Å². The van der Waals surface area contributed by atoms with Gasteiger partial charge in [-0.1, -0.05) is 68.4 Å². The molecular weight excluding hydrogens is 504 g/mol. The Kier molecular flexibility index (Phi) is 11.2. The molecular formula is C34H46O6. The van der Waals surface area contributed by atoms with Gasteiger partial charge >= 0.3 is 0 Å². The van der Waals surface area contributed by atoms with Crippen molar-refractivity contribution >= 4 is 0 Å². The summed E-state index contributed by atoms with van der Waals surface area (Å²) in [7, 11) is 0. The van der Waals surface area contributed by atoms with Crippen LogP contribution in [0.1, 0.15) is 68.4 Å². The molecule has 3 rings (SSSR count). The quantitative estimate of drug-likeness (QED) is 0.219. The molecule has 3 aromatic carbocycles. The summed E-state index contributed by atoms with van der Waals surface area (Å²) in [6.07, 6.45) is 0.125. The molecule has 0 aromatic heterocycles. The van der Waals surface area contributed by atoms with Gasteiger partial charge in [-0.3, -0.25) is 0 Å². The van der Waals surface area contributed by atoms with Crippen LogP contribution >= 0.6 is 0 Å².